The predicted octanol–water partition coefficient (Wildman–Crippen LogP) is 7.58. The van der Waals surface area contributed by atoms with Crippen molar-refractivity contribution < 1.29 is 4.74 Å². The monoisotopic (exact) mass is 416 g/mol. The number of benzene rings is 2. The molecule has 3 rings (SSSR count). The fraction of sp³-hybridized carbons (Fsp3) is 0.429. The molecule has 0 saturated heterocycles. The number of hydrogen-bond acceptors (Lipinski definition) is 3. The van der Waals surface area contributed by atoms with Crippen molar-refractivity contribution in [3.05, 3.63) is 77.6 Å². The van der Waals surface area contributed by atoms with E-state index in [9.17, 15) is 0 Å². The molecular weight excluding hydrogens is 380 g/mol. The first-order valence-electron chi connectivity index (χ1n) is 11.9. The Labute approximate surface area is 187 Å². The van der Waals surface area contributed by atoms with Crippen molar-refractivity contribution in [2.24, 2.45) is 0 Å². The number of aromatic nitrogens is 2. The summed E-state index contributed by atoms with van der Waals surface area (Å²) in [6.07, 6.45) is 15.0. The van der Waals surface area contributed by atoms with Gasteiger partial charge in [-0.25, -0.2) is 9.97 Å². The van der Waals surface area contributed by atoms with Gasteiger partial charge in [0.05, 0.1) is 18.1 Å². The predicted molar refractivity (Wildman–Crippen MR) is 129 cm³/mol. The zero-order chi connectivity index (χ0) is 21.7. The first-order valence-corrected chi connectivity index (χ1v) is 11.9. The van der Waals surface area contributed by atoms with Gasteiger partial charge in [-0.3, -0.25) is 0 Å². The minimum atomic E-state index is 0.511. The Kier molecular flexibility index (Phi) is 9.56. The lowest BCUT2D eigenvalue weighted by molar-refractivity contribution is 0.292. The number of rotatable bonds is 13. The molecule has 2 aromatic carbocycles. The molecule has 3 heteroatoms. The molecule has 164 valence electrons. The van der Waals surface area contributed by atoms with Crippen LogP contribution in [-0.4, -0.2) is 9.97 Å². The van der Waals surface area contributed by atoms with Gasteiger partial charge in [0.2, 0.25) is 5.88 Å². The van der Waals surface area contributed by atoms with Gasteiger partial charge in [-0.15, -0.1) is 0 Å². The molecule has 0 amide bonds. The zero-order valence-electron chi connectivity index (χ0n) is 19.1. The Morgan fingerprint density at radius 2 is 1.26 bits per heavy atom. The Balaban J connectivity index is 1.43. The van der Waals surface area contributed by atoms with E-state index >= 15 is 0 Å². The van der Waals surface area contributed by atoms with Gasteiger partial charge in [0.15, 0.2) is 0 Å². The molecule has 0 atom stereocenters. The SMILES string of the molecule is CCCCCCCCc1ccc(COc2cnc(-c3ccc(CCC)cc3)cn2)cc1. The van der Waals surface area contributed by atoms with Crippen molar-refractivity contribution in [3.63, 3.8) is 0 Å². The van der Waals surface area contributed by atoms with Crippen molar-refractivity contribution in [3.8, 4) is 17.1 Å². The van der Waals surface area contributed by atoms with Gasteiger partial charge in [0, 0.05) is 5.56 Å². The molecule has 0 saturated carbocycles. The second-order valence-electron chi connectivity index (χ2n) is 8.31. The van der Waals surface area contributed by atoms with Gasteiger partial charge in [0.25, 0.3) is 0 Å². The topological polar surface area (TPSA) is 35.0 Å². The first kappa shape index (κ1) is 23.0. The third-order valence-corrected chi connectivity index (χ3v) is 5.65. The molecule has 0 spiro atoms. The summed E-state index contributed by atoms with van der Waals surface area (Å²) in [6, 6.07) is 17.3. The smallest absolute Gasteiger partial charge is 0.232 e. The number of hydrogen-bond donors (Lipinski definition) is 0. The standard InChI is InChI=1S/C28H36N2O/c1-3-5-6-7-8-9-11-24-12-14-25(15-13-24)22-31-28-21-29-27(20-30-28)26-18-16-23(10-4-2)17-19-26/h12-21H,3-11,22H2,1-2H3. The molecule has 0 bridgehead atoms. The number of aryl methyl sites for hydroxylation is 2. The fourth-order valence-corrected chi connectivity index (χ4v) is 3.74. The van der Waals surface area contributed by atoms with Crippen LogP contribution in [0.4, 0.5) is 0 Å². The zero-order valence-corrected chi connectivity index (χ0v) is 19.1. The Morgan fingerprint density at radius 1 is 0.613 bits per heavy atom. The summed E-state index contributed by atoms with van der Waals surface area (Å²) in [4.78, 5) is 8.96. The summed E-state index contributed by atoms with van der Waals surface area (Å²) in [6.45, 7) is 4.97. The molecule has 0 N–H and O–H groups in total. The van der Waals surface area contributed by atoms with Crippen LogP contribution in [0, 0.1) is 0 Å². The fourth-order valence-electron chi connectivity index (χ4n) is 3.74. The quantitative estimate of drug-likeness (QED) is 0.269. The third-order valence-electron chi connectivity index (χ3n) is 5.65. The molecule has 0 aliphatic carbocycles. The molecule has 3 nitrogen and oxygen atoms in total. The van der Waals surface area contributed by atoms with E-state index in [4.69, 9.17) is 4.74 Å². The van der Waals surface area contributed by atoms with Gasteiger partial charge < -0.3 is 4.74 Å². The van der Waals surface area contributed by atoms with Gasteiger partial charge in [-0.1, -0.05) is 101 Å². The summed E-state index contributed by atoms with van der Waals surface area (Å²) in [5.41, 5.74) is 5.88. The molecule has 3 aromatic rings. The Bertz CT molecular complexity index is 870. The van der Waals surface area contributed by atoms with Crippen molar-refractivity contribution in [1.82, 2.24) is 9.97 Å². The maximum atomic E-state index is 5.84. The lowest BCUT2D eigenvalue weighted by Crippen LogP contribution is -1.99. The number of unbranched alkanes of at least 4 members (excludes halogenated alkanes) is 5. The molecule has 1 aromatic heterocycles. The van der Waals surface area contributed by atoms with Crippen LogP contribution in [0.25, 0.3) is 11.3 Å². The van der Waals surface area contributed by atoms with Gasteiger partial charge in [-0.05, 0) is 36.0 Å². The Hall–Kier alpha value is -2.68. The molecule has 0 aliphatic rings. The second kappa shape index (κ2) is 12.9. The number of ether oxygens (including phenoxy) is 1. The van der Waals surface area contributed by atoms with E-state index in [0.29, 0.717) is 12.5 Å². The van der Waals surface area contributed by atoms with E-state index in [-0.39, 0.29) is 0 Å². The van der Waals surface area contributed by atoms with E-state index in [1.165, 1.54) is 56.1 Å². The van der Waals surface area contributed by atoms with Crippen LogP contribution in [0.2, 0.25) is 0 Å². The van der Waals surface area contributed by atoms with Crippen LogP contribution >= 0.6 is 0 Å². The van der Waals surface area contributed by atoms with Crippen molar-refractivity contribution >= 4 is 0 Å². The van der Waals surface area contributed by atoms with Crippen LogP contribution in [0.1, 0.15) is 75.5 Å². The first-order chi connectivity index (χ1) is 15.3. The van der Waals surface area contributed by atoms with Crippen LogP contribution < -0.4 is 4.74 Å². The van der Waals surface area contributed by atoms with Crippen molar-refractivity contribution in [1.29, 1.82) is 0 Å². The molecule has 0 fully saturated rings. The molecule has 0 aliphatic heterocycles. The Morgan fingerprint density at radius 3 is 1.94 bits per heavy atom. The highest BCUT2D eigenvalue weighted by molar-refractivity contribution is 5.58. The average Bonchev–Trinajstić information content (AvgIpc) is 2.82. The van der Waals surface area contributed by atoms with Crippen LogP contribution in [0.5, 0.6) is 5.88 Å². The highest BCUT2D eigenvalue weighted by atomic mass is 16.5. The maximum absolute atomic E-state index is 5.84. The molecule has 0 unspecified atom stereocenters. The van der Waals surface area contributed by atoms with E-state index in [1.54, 1.807) is 12.4 Å². The third kappa shape index (κ3) is 7.82. The number of nitrogens with zero attached hydrogens (tertiary/aromatic N) is 2. The minimum Gasteiger partial charge on any atom is -0.472 e. The summed E-state index contributed by atoms with van der Waals surface area (Å²) in [5, 5.41) is 0. The largest absolute Gasteiger partial charge is 0.472 e. The average molecular weight is 417 g/mol. The van der Waals surface area contributed by atoms with E-state index in [1.807, 2.05) is 0 Å². The van der Waals surface area contributed by atoms with E-state index in [0.717, 1.165) is 29.7 Å². The van der Waals surface area contributed by atoms with Gasteiger partial charge >= 0.3 is 0 Å². The van der Waals surface area contributed by atoms with Crippen LogP contribution in [0.15, 0.2) is 60.9 Å². The highest BCUT2D eigenvalue weighted by Gasteiger charge is 2.03. The van der Waals surface area contributed by atoms with E-state index < -0.39 is 0 Å². The summed E-state index contributed by atoms with van der Waals surface area (Å²) >= 11 is 0. The summed E-state index contributed by atoms with van der Waals surface area (Å²) < 4.78 is 5.84. The normalized spacial score (nSPS) is 10.9. The molecule has 31 heavy (non-hydrogen) atoms. The van der Waals surface area contributed by atoms with E-state index in [2.05, 4.69) is 72.3 Å². The molecule has 0 radical (unpaired) electrons. The molecular formula is C28H36N2O. The second-order valence-corrected chi connectivity index (χ2v) is 8.31. The van der Waals surface area contributed by atoms with Crippen molar-refractivity contribution in [2.75, 3.05) is 0 Å². The molecule has 1 heterocycles. The van der Waals surface area contributed by atoms with Crippen molar-refractivity contribution in [2.45, 2.75) is 78.2 Å². The van der Waals surface area contributed by atoms with Crippen LogP contribution in [0.3, 0.4) is 0 Å². The summed E-state index contributed by atoms with van der Waals surface area (Å²) in [5.74, 6) is 0.558. The highest BCUT2D eigenvalue weighted by Crippen LogP contribution is 2.19. The van der Waals surface area contributed by atoms with Gasteiger partial charge in [-0.2, -0.15) is 0 Å². The lowest BCUT2D eigenvalue weighted by Gasteiger charge is -2.08. The van der Waals surface area contributed by atoms with Crippen LogP contribution in [-0.2, 0) is 19.4 Å². The van der Waals surface area contributed by atoms with Gasteiger partial charge in [0.1, 0.15) is 6.61 Å². The summed E-state index contributed by atoms with van der Waals surface area (Å²) in [7, 11) is 0. The lowest BCUT2D eigenvalue weighted by atomic mass is 10.0. The minimum absolute atomic E-state index is 0.511. The maximum Gasteiger partial charge on any atom is 0.232 e.